The van der Waals surface area contributed by atoms with E-state index in [2.05, 4.69) is 10.1 Å². The maximum Gasteiger partial charge on any atom is 0.269 e. The van der Waals surface area contributed by atoms with Gasteiger partial charge in [0.25, 0.3) is 5.91 Å². The second-order valence-electron chi connectivity index (χ2n) is 4.47. The standard InChI is InChI=1S/C14H18N4O2/c1-4-11-9(2)13(14(15)19)17-18(11)8-10-6-5-7-12(16-10)20-3/h5-7H,4,8H2,1-3H3,(H2,15,19). The molecule has 0 fully saturated rings. The van der Waals surface area contributed by atoms with Crippen molar-refractivity contribution < 1.29 is 9.53 Å². The highest BCUT2D eigenvalue weighted by Gasteiger charge is 2.17. The summed E-state index contributed by atoms with van der Waals surface area (Å²) in [6.07, 6.45) is 0.774. The summed E-state index contributed by atoms with van der Waals surface area (Å²) in [6, 6.07) is 5.55. The van der Waals surface area contributed by atoms with E-state index in [1.54, 1.807) is 17.9 Å². The van der Waals surface area contributed by atoms with Gasteiger partial charge in [-0.3, -0.25) is 9.48 Å². The summed E-state index contributed by atoms with van der Waals surface area (Å²) >= 11 is 0. The summed E-state index contributed by atoms with van der Waals surface area (Å²) in [5.74, 6) is 0.0501. The van der Waals surface area contributed by atoms with Crippen LogP contribution in [0.2, 0.25) is 0 Å². The number of hydrogen-bond donors (Lipinski definition) is 1. The first kappa shape index (κ1) is 14.0. The molecule has 0 radical (unpaired) electrons. The molecule has 1 amide bonds. The van der Waals surface area contributed by atoms with Crippen LogP contribution in [0.3, 0.4) is 0 Å². The number of ether oxygens (including phenoxy) is 1. The van der Waals surface area contributed by atoms with Crippen LogP contribution in [-0.2, 0) is 13.0 Å². The van der Waals surface area contributed by atoms with E-state index in [1.165, 1.54) is 0 Å². The molecule has 0 bridgehead atoms. The van der Waals surface area contributed by atoms with E-state index in [4.69, 9.17) is 10.5 Å². The van der Waals surface area contributed by atoms with Gasteiger partial charge < -0.3 is 10.5 Å². The zero-order chi connectivity index (χ0) is 14.7. The number of nitrogens with zero attached hydrogens (tertiary/aromatic N) is 3. The molecule has 0 atom stereocenters. The molecular formula is C14H18N4O2. The third-order valence-corrected chi connectivity index (χ3v) is 3.19. The number of amides is 1. The van der Waals surface area contributed by atoms with Gasteiger partial charge in [-0.2, -0.15) is 5.10 Å². The Morgan fingerprint density at radius 2 is 2.20 bits per heavy atom. The summed E-state index contributed by atoms with van der Waals surface area (Å²) in [4.78, 5) is 15.7. The number of carbonyl (C=O) groups excluding carboxylic acids is 1. The fourth-order valence-corrected chi connectivity index (χ4v) is 2.21. The van der Waals surface area contributed by atoms with Crippen LogP contribution in [0.15, 0.2) is 18.2 Å². The van der Waals surface area contributed by atoms with Gasteiger partial charge in [0.1, 0.15) is 0 Å². The van der Waals surface area contributed by atoms with Crippen molar-refractivity contribution in [2.24, 2.45) is 5.73 Å². The number of hydrogen-bond acceptors (Lipinski definition) is 4. The van der Waals surface area contributed by atoms with Gasteiger partial charge in [-0.1, -0.05) is 13.0 Å². The van der Waals surface area contributed by atoms with Crippen molar-refractivity contribution >= 4 is 5.91 Å². The Kier molecular flexibility index (Phi) is 4.02. The lowest BCUT2D eigenvalue weighted by molar-refractivity contribution is 0.0994. The summed E-state index contributed by atoms with van der Waals surface area (Å²) < 4.78 is 6.88. The van der Waals surface area contributed by atoms with Gasteiger partial charge in [0, 0.05) is 17.3 Å². The minimum Gasteiger partial charge on any atom is -0.481 e. The summed E-state index contributed by atoms with van der Waals surface area (Å²) in [5, 5.41) is 4.29. The molecule has 0 aliphatic rings. The number of carbonyl (C=O) groups is 1. The maximum atomic E-state index is 11.4. The van der Waals surface area contributed by atoms with Crippen LogP contribution in [0, 0.1) is 6.92 Å². The number of primary amides is 1. The second-order valence-corrected chi connectivity index (χ2v) is 4.47. The highest BCUT2D eigenvalue weighted by atomic mass is 16.5. The van der Waals surface area contributed by atoms with Crippen molar-refractivity contribution in [1.82, 2.24) is 14.8 Å². The van der Waals surface area contributed by atoms with E-state index < -0.39 is 5.91 Å². The average molecular weight is 274 g/mol. The maximum absolute atomic E-state index is 11.4. The Labute approximate surface area is 117 Å². The van der Waals surface area contributed by atoms with Crippen molar-refractivity contribution in [2.75, 3.05) is 7.11 Å². The molecule has 20 heavy (non-hydrogen) atoms. The van der Waals surface area contributed by atoms with Crippen LogP contribution in [-0.4, -0.2) is 27.8 Å². The number of aromatic nitrogens is 3. The van der Waals surface area contributed by atoms with Crippen LogP contribution in [0.1, 0.15) is 34.4 Å². The molecular weight excluding hydrogens is 256 g/mol. The normalized spacial score (nSPS) is 10.6. The minimum atomic E-state index is -0.505. The number of pyridine rings is 1. The van der Waals surface area contributed by atoms with Crippen LogP contribution in [0.5, 0.6) is 5.88 Å². The van der Waals surface area contributed by atoms with E-state index >= 15 is 0 Å². The summed E-state index contributed by atoms with van der Waals surface area (Å²) in [6.45, 7) is 4.36. The molecule has 0 saturated heterocycles. The number of rotatable bonds is 5. The number of nitrogens with two attached hydrogens (primary N) is 1. The highest BCUT2D eigenvalue weighted by Crippen LogP contribution is 2.16. The molecule has 0 saturated carbocycles. The molecule has 2 rings (SSSR count). The molecule has 2 aromatic rings. The first-order valence-electron chi connectivity index (χ1n) is 6.42. The first-order chi connectivity index (χ1) is 9.56. The molecule has 0 unspecified atom stereocenters. The molecule has 0 aliphatic carbocycles. The molecule has 6 nitrogen and oxygen atoms in total. The van der Waals surface area contributed by atoms with Gasteiger partial charge in [-0.25, -0.2) is 4.98 Å². The molecule has 0 aliphatic heterocycles. The zero-order valence-electron chi connectivity index (χ0n) is 11.9. The van der Waals surface area contributed by atoms with E-state index in [-0.39, 0.29) is 0 Å². The lowest BCUT2D eigenvalue weighted by Gasteiger charge is -2.07. The molecule has 2 heterocycles. The Bertz CT molecular complexity index is 634. The van der Waals surface area contributed by atoms with Gasteiger partial charge in [-0.15, -0.1) is 0 Å². The molecule has 6 heteroatoms. The van der Waals surface area contributed by atoms with Gasteiger partial charge >= 0.3 is 0 Å². The number of methoxy groups -OCH3 is 1. The van der Waals surface area contributed by atoms with Gasteiger partial charge in [-0.05, 0) is 19.4 Å². The van der Waals surface area contributed by atoms with Crippen molar-refractivity contribution in [2.45, 2.75) is 26.8 Å². The molecule has 106 valence electrons. The van der Waals surface area contributed by atoms with E-state index in [1.807, 2.05) is 26.0 Å². The van der Waals surface area contributed by atoms with Crippen LogP contribution >= 0.6 is 0 Å². The summed E-state index contributed by atoms with van der Waals surface area (Å²) in [7, 11) is 1.58. The smallest absolute Gasteiger partial charge is 0.269 e. The molecule has 0 spiro atoms. The molecule has 0 aromatic carbocycles. The topological polar surface area (TPSA) is 83.0 Å². The Morgan fingerprint density at radius 1 is 1.45 bits per heavy atom. The monoisotopic (exact) mass is 274 g/mol. The van der Waals surface area contributed by atoms with E-state index in [0.717, 1.165) is 23.4 Å². The minimum absolute atomic E-state index is 0.324. The van der Waals surface area contributed by atoms with Gasteiger partial charge in [0.2, 0.25) is 5.88 Å². The highest BCUT2D eigenvalue weighted by molar-refractivity contribution is 5.92. The zero-order valence-corrected chi connectivity index (χ0v) is 11.9. The lowest BCUT2D eigenvalue weighted by Crippen LogP contribution is -2.14. The van der Waals surface area contributed by atoms with E-state index in [9.17, 15) is 4.79 Å². The first-order valence-corrected chi connectivity index (χ1v) is 6.42. The lowest BCUT2D eigenvalue weighted by atomic mass is 10.1. The third-order valence-electron chi connectivity index (χ3n) is 3.19. The van der Waals surface area contributed by atoms with Crippen molar-refractivity contribution in [3.05, 3.63) is 40.8 Å². The van der Waals surface area contributed by atoms with E-state index in [0.29, 0.717) is 18.1 Å². The Morgan fingerprint density at radius 3 is 2.80 bits per heavy atom. The fraction of sp³-hybridized carbons (Fsp3) is 0.357. The van der Waals surface area contributed by atoms with Crippen LogP contribution in [0.4, 0.5) is 0 Å². The predicted molar refractivity (Wildman–Crippen MR) is 74.8 cm³/mol. The third kappa shape index (κ3) is 2.64. The van der Waals surface area contributed by atoms with Crippen LogP contribution in [0.25, 0.3) is 0 Å². The molecule has 2 aromatic heterocycles. The van der Waals surface area contributed by atoms with Crippen molar-refractivity contribution in [3.63, 3.8) is 0 Å². The van der Waals surface area contributed by atoms with Crippen molar-refractivity contribution in [1.29, 1.82) is 0 Å². The quantitative estimate of drug-likeness (QED) is 0.891. The van der Waals surface area contributed by atoms with Crippen LogP contribution < -0.4 is 10.5 Å². The molecule has 2 N–H and O–H groups in total. The summed E-state index contributed by atoms with van der Waals surface area (Å²) in [5.41, 5.74) is 8.31. The van der Waals surface area contributed by atoms with Crippen molar-refractivity contribution in [3.8, 4) is 5.88 Å². The predicted octanol–water partition coefficient (Wildman–Crippen LogP) is 1.30. The Balaban J connectivity index is 2.37. The SMILES string of the molecule is CCc1c(C)c(C(N)=O)nn1Cc1cccc(OC)n1. The van der Waals surface area contributed by atoms with Gasteiger partial charge in [0.05, 0.1) is 19.3 Å². The largest absolute Gasteiger partial charge is 0.481 e. The fourth-order valence-electron chi connectivity index (χ4n) is 2.21. The Hall–Kier alpha value is -2.37. The second kappa shape index (κ2) is 5.73. The average Bonchev–Trinajstić information content (AvgIpc) is 2.75. The van der Waals surface area contributed by atoms with Gasteiger partial charge in [0.15, 0.2) is 5.69 Å².